The number of carbonyl (C=O) groups is 1. The molecule has 2 nitrogen and oxygen atoms in total. The molecule has 0 saturated carbocycles. The highest BCUT2D eigenvalue weighted by Gasteiger charge is 2.17. The van der Waals surface area contributed by atoms with Crippen LogP contribution in [0, 0.1) is 0 Å². The lowest BCUT2D eigenvalue weighted by molar-refractivity contribution is -0.0500. The van der Waals surface area contributed by atoms with Crippen LogP contribution in [0.3, 0.4) is 0 Å². The average molecular weight is 241 g/mol. The van der Waals surface area contributed by atoms with Crippen molar-refractivity contribution in [2.24, 2.45) is 0 Å². The number of carbonyl (C=O) groups excluding carboxylic acids is 1. The maximum atomic E-state index is 11.9. The molecule has 0 amide bonds. The van der Waals surface area contributed by atoms with Gasteiger partial charge in [-0.25, -0.2) is 0 Å². The van der Waals surface area contributed by atoms with Gasteiger partial charge in [-0.1, -0.05) is 17.7 Å². The lowest BCUT2D eigenvalue weighted by Gasteiger charge is -2.08. The molecule has 0 fully saturated rings. The Hall–Kier alpha value is -0.870. The molecule has 0 heterocycles. The SMILES string of the molecule is O=C(Cl)c1c(Cl)cccc1OC(F)F. The zero-order chi connectivity index (χ0) is 10.7. The quantitative estimate of drug-likeness (QED) is 0.758. The van der Waals surface area contributed by atoms with Crippen LogP contribution in [0.25, 0.3) is 0 Å². The summed E-state index contributed by atoms with van der Waals surface area (Å²) in [6.45, 7) is -3.02. The monoisotopic (exact) mass is 240 g/mol. The lowest BCUT2D eigenvalue weighted by atomic mass is 10.2. The minimum absolute atomic E-state index is 0.0249. The van der Waals surface area contributed by atoms with E-state index in [9.17, 15) is 13.6 Å². The molecule has 0 radical (unpaired) electrons. The number of alkyl halides is 2. The Balaban J connectivity index is 3.14. The van der Waals surface area contributed by atoms with Gasteiger partial charge in [-0.2, -0.15) is 8.78 Å². The average Bonchev–Trinajstić information content (AvgIpc) is 2.01. The van der Waals surface area contributed by atoms with Crippen molar-refractivity contribution in [2.75, 3.05) is 0 Å². The Morgan fingerprint density at radius 3 is 2.57 bits per heavy atom. The molecule has 1 aromatic rings. The van der Waals surface area contributed by atoms with E-state index < -0.39 is 11.9 Å². The van der Waals surface area contributed by atoms with Gasteiger partial charge in [-0.05, 0) is 23.7 Å². The number of benzene rings is 1. The summed E-state index contributed by atoms with van der Waals surface area (Å²) in [5, 5.41) is -0.964. The van der Waals surface area contributed by atoms with Crippen molar-refractivity contribution >= 4 is 28.4 Å². The Labute approximate surface area is 88.4 Å². The zero-order valence-electron chi connectivity index (χ0n) is 6.64. The summed E-state index contributed by atoms with van der Waals surface area (Å²) in [6, 6.07) is 3.92. The van der Waals surface area contributed by atoms with Crippen LogP contribution in [0.4, 0.5) is 8.78 Å². The molecule has 0 aliphatic carbocycles. The standard InChI is InChI=1S/C8H4Cl2F2O2/c9-4-2-1-3-5(14-8(11)12)6(4)7(10)13/h1-3,8H. The molecule has 0 aromatic heterocycles. The molecular formula is C8H4Cl2F2O2. The minimum Gasteiger partial charge on any atom is -0.434 e. The van der Waals surface area contributed by atoms with Crippen LogP contribution in [0.5, 0.6) is 5.75 Å². The molecule has 0 aliphatic rings. The Morgan fingerprint density at radius 2 is 2.07 bits per heavy atom. The van der Waals surface area contributed by atoms with Gasteiger partial charge in [-0.3, -0.25) is 4.79 Å². The second-order valence-electron chi connectivity index (χ2n) is 2.27. The highest BCUT2D eigenvalue weighted by atomic mass is 35.5. The van der Waals surface area contributed by atoms with Crippen LogP contribution in [-0.2, 0) is 0 Å². The van der Waals surface area contributed by atoms with Crippen molar-refractivity contribution in [2.45, 2.75) is 6.61 Å². The first-order valence-electron chi connectivity index (χ1n) is 3.45. The van der Waals surface area contributed by atoms with Gasteiger partial charge in [0.25, 0.3) is 5.24 Å². The number of rotatable bonds is 3. The zero-order valence-corrected chi connectivity index (χ0v) is 8.15. The molecule has 0 aliphatic heterocycles. The third kappa shape index (κ3) is 2.56. The largest absolute Gasteiger partial charge is 0.434 e. The lowest BCUT2D eigenvalue weighted by Crippen LogP contribution is -2.06. The Kier molecular flexibility index (Phi) is 3.66. The molecular weight excluding hydrogens is 237 g/mol. The fraction of sp³-hybridized carbons (Fsp3) is 0.125. The third-order valence-corrected chi connectivity index (χ3v) is 1.89. The fourth-order valence-electron chi connectivity index (χ4n) is 0.889. The van der Waals surface area contributed by atoms with Gasteiger partial charge in [-0.15, -0.1) is 0 Å². The van der Waals surface area contributed by atoms with E-state index in [1.807, 2.05) is 0 Å². The van der Waals surface area contributed by atoms with Gasteiger partial charge in [0.1, 0.15) is 5.75 Å². The predicted molar refractivity (Wildman–Crippen MR) is 48.3 cm³/mol. The van der Waals surface area contributed by atoms with Gasteiger partial charge in [0, 0.05) is 0 Å². The van der Waals surface area contributed by atoms with E-state index in [1.54, 1.807) is 0 Å². The van der Waals surface area contributed by atoms with Gasteiger partial charge < -0.3 is 4.74 Å². The molecule has 1 rings (SSSR count). The summed E-state index contributed by atoms with van der Waals surface area (Å²) in [6.07, 6.45) is 0. The predicted octanol–water partition coefficient (Wildman–Crippen LogP) is 3.32. The van der Waals surface area contributed by atoms with E-state index >= 15 is 0 Å². The molecule has 0 atom stereocenters. The second-order valence-corrected chi connectivity index (χ2v) is 3.02. The smallest absolute Gasteiger partial charge is 0.387 e. The topological polar surface area (TPSA) is 26.3 Å². The molecule has 1 aromatic carbocycles. The van der Waals surface area contributed by atoms with Crippen LogP contribution >= 0.6 is 23.2 Å². The van der Waals surface area contributed by atoms with Crippen LogP contribution in [0.1, 0.15) is 10.4 Å². The van der Waals surface area contributed by atoms with E-state index in [0.717, 1.165) is 0 Å². The summed E-state index contributed by atoms with van der Waals surface area (Å²) < 4.78 is 27.8. The Bertz CT molecular complexity index is 355. The van der Waals surface area contributed by atoms with E-state index in [0.29, 0.717) is 0 Å². The van der Waals surface area contributed by atoms with Gasteiger partial charge >= 0.3 is 6.61 Å². The van der Waals surface area contributed by atoms with Crippen molar-refractivity contribution in [3.8, 4) is 5.75 Å². The molecule has 0 unspecified atom stereocenters. The first kappa shape index (κ1) is 11.2. The molecule has 0 spiro atoms. The molecule has 14 heavy (non-hydrogen) atoms. The molecule has 0 N–H and O–H groups in total. The maximum absolute atomic E-state index is 11.9. The molecule has 0 bridgehead atoms. The van der Waals surface area contributed by atoms with Crippen LogP contribution < -0.4 is 4.74 Å². The summed E-state index contributed by atoms with van der Waals surface area (Å²) in [7, 11) is 0. The van der Waals surface area contributed by atoms with Gasteiger partial charge in [0.05, 0.1) is 10.6 Å². The summed E-state index contributed by atoms with van der Waals surface area (Å²) in [5.74, 6) is -0.326. The van der Waals surface area contributed by atoms with Crippen LogP contribution in [-0.4, -0.2) is 11.9 Å². The van der Waals surface area contributed by atoms with Crippen LogP contribution in [0.2, 0.25) is 5.02 Å². The highest BCUT2D eigenvalue weighted by Crippen LogP contribution is 2.28. The molecule has 76 valence electrons. The Morgan fingerprint density at radius 1 is 1.43 bits per heavy atom. The van der Waals surface area contributed by atoms with Crippen LogP contribution in [0.15, 0.2) is 18.2 Å². The van der Waals surface area contributed by atoms with Crippen molar-refractivity contribution in [1.29, 1.82) is 0 Å². The van der Waals surface area contributed by atoms with E-state index in [1.165, 1.54) is 18.2 Å². The van der Waals surface area contributed by atoms with Crippen molar-refractivity contribution in [3.05, 3.63) is 28.8 Å². The normalized spacial score (nSPS) is 10.4. The maximum Gasteiger partial charge on any atom is 0.387 e. The highest BCUT2D eigenvalue weighted by molar-refractivity contribution is 6.69. The number of halogens is 4. The number of hydrogen-bond donors (Lipinski definition) is 0. The van der Waals surface area contributed by atoms with Crippen molar-refractivity contribution < 1.29 is 18.3 Å². The summed E-state index contributed by atoms with van der Waals surface area (Å²) in [5.41, 5.74) is -0.254. The summed E-state index contributed by atoms with van der Waals surface area (Å²) >= 11 is 10.7. The molecule has 0 saturated heterocycles. The van der Waals surface area contributed by atoms with E-state index in [-0.39, 0.29) is 16.3 Å². The molecule has 6 heteroatoms. The fourth-order valence-corrected chi connectivity index (χ4v) is 1.38. The minimum atomic E-state index is -3.02. The van der Waals surface area contributed by atoms with E-state index in [2.05, 4.69) is 4.74 Å². The van der Waals surface area contributed by atoms with Crippen molar-refractivity contribution in [3.63, 3.8) is 0 Å². The third-order valence-electron chi connectivity index (χ3n) is 1.39. The second kappa shape index (κ2) is 4.57. The van der Waals surface area contributed by atoms with Crippen molar-refractivity contribution in [1.82, 2.24) is 0 Å². The van der Waals surface area contributed by atoms with Gasteiger partial charge in [0.15, 0.2) is 0 Å². The first-order chi connectivity index (χ1) is 6.52. The van der Waals surface area contributed by atoms with E-state index in [4.69, 9.17) is 23.2 Å². The first-order valence-corrected chi connectivity index (χ1v) is 4.21. The van der Waals surface area contributed by atoms with Gasteiger partial charge in [0.2, 0.25) is 0 Å². The number of hydrogen-bond acceptors (Lipinski definition) is 2. The summed E-state index contributed by atoms with van der Waals surface area (Å²) in [4.78, 5) is 10.8. The number of ether oxygens (including phenoxy) is 1.